The van der Waals surface area contributed by atoms with Crippen LogP contribution in [0.3, 0.4) is 0 Å². The molecule has 144 valence electrons. The monoisotopic (exact) mass is 426 g/mol. The number of halogens is 2. The summed E-state index contributed by atoms with van der Waals surface area (Å²) in [7, 11) is 0. The number of benzene rings is 2. The van der Waals surface area contributed by atoms with E-state index >= 15 is 0 Å². The van der Waals surface area contributed by atoms with Crippen molar-refractivity contribution in [3.8, 4) is 11.6 Å². The quantitative estimate of drug-likeness (QED) is 0.367. The van der Waals surface area contributed by atoms with Crippen LogP contribution < -0.4 is 5.56 Å². The van der Waals surface area contributed by atoms with Gasteiger partial charge in [0.15, 0.2) is 4.77 Å². The van der Waals surface area contributed by atoms with Gasteiger partial charge in [-0.2, -0.15) is 0 Å². The summed E-state index contributed by atoms with van der Waals surface area (Å²) in [5.41, 5.74) is 0.965. The number of rotatable bonds is 3. The van der Waals surface area contributed by atoms with Gasteiger partial charge < -0.3 is 5.11 Å². The van der Waals surface area contributed by atoms with E-state index in [4.69, 9.17) is 23.8 Å². The van der Waals surface area contributed by atoms with Crippen molar-refractivity contribution in [3.05, 3.63) is 86.3 Å². The van der Waals surface area contributed by atoms with E-state index in [0.717, 1.165) is 17.0 Å². The maximum atomic E-state index is 13.5. The van der Waals surface area contributed by atoms with Crippen molar-refractivity contribution in [1.29, 1.82) is 0 Å². The number of aromatic nitrogens is 3. The summed E-state index contributed by atoms with van der Waals surface area (Å²) in [6.45, 7) is 0. The van der Waals surface area contributed by atoms with Crippen LogP contribution in [0.1, 0.15) is 5.56 Å². The van der Waals surface area contributed by atoms with Crippen molar-refractivity contribution in [2.75, 3.05) is 0 Å². The second kappa shape index (κ2) is 7.57. The summed E-state index contributed by atoms with van der Waals surface area (Å²) in [6.07, 6.45) is 2.93. The molecule has 0 aliphatic heterocycles. The third-order valence-electron chi connectivity index (χ3n) is 4.21. The molecule has 2 heterocycles. The Morgan fingerprint density at radius 2 is 2.07 bits per heavy atom. The molecule has 0 fully saturated rings. The summed E-state index contributed by atoms with van der Waals surface area (Å²) in [4.78, 5) is 23.3. The van der Waals surface area contributed by atoms with Gasteiger partial charge in [0, 0.05) is 17.8 Å². The molecule has 0 bridgehead atoms. The zero-order valence-electron chi connectivity index (χ0n) is 14.6. The predicted molar refractivity (Wildman–Crippen MR) is 113 cm³/mol. The van der Waals surface area contributed by atoms with Crippen molar-refractivity contribution in [2.24, 2.45) is 4.99 Å². The Bertz CT molecular complexity index is 1400. The molecular weight excluding hydrogens is 415 g/mol. The van der Waals surface area contributed by atoms with Crippen LogP contribution >= 0.6 is 23.8 Å². The number of hydrogen-bond acceptors (Lipinski definition) is 5. The Balaban J connectivity index is 1.81. The molecule has 4 aromatic rings. The van der Waals surface area contributed by atoms with Gasteiger partial charge >= 0.3 is 0 Å². The number of hydrogen-bond donors (Lipinski definition) is 2. The summed E-state index contributed by atoms with van der Waals surface area (Å²) < 4.78 is 14.6. The molecule has 2 aromatic carbocycles. The van der Waals surface area contributed by atoms with Crippen LogP contribution in [0.5, 0.6) is 5.88 Å². The molecule has 0 atom stereocenters. The SMILES string of the molecule is O=c1[nH]c(=S)n(-c2ccc(F)c(Cl)c2)c(O)c1C=Nc1ccc2ncccc2c1. The fraction of sp³-hybridized carbons (Fsp3) is 0. The van der Waals surface area contributed by atoms with Gasteiger partial charge in [-0.25, -0.2) is 4.39 Å². The highest BCUT2D eigenvalue weighted by molar-refractivity contribution is 7.71. The molecule has 0 saturated carbocycles. The van der Waals surface area contributed by atoms with Gasteiger partial charge in [-0.05, 0) is 54.7 Å². The zero-order valence-corrected chi connectivity index (χ0v) is 16.2. The second-order valence-electron chi connectivity index (χ2n) is 6.07. The first-order chi connectivity index (χ1) is 13.9. The van der Waals surface area contributed by atoms with Crippen LogP contribution in [0.15, 0.2) is 64.5 Å². The number of nitrogens with one attached hydrogen (secondary N) is 1. The summed E-state index contributed by atoms with van der Waals surface area (Å²) in [5.74, 6) is -1.05. The van der Waals surface area contributed by atoms with Gasteiger partial charge in [0.2, 0.25) is 5.88 Å². The molecule has 9 heteroatoms. The molecule has 0 aliphatic rings. The predicted octanol–water partition coefficient (Wildman–Crippen LogP) is 4.69. The zero-order chi connectivity index (χ0) is 20.5. The molecule has 2 aromatic heterocycles. The molecule has 0 spiro atoms. The molecule has 0 aliphatic carbocycles. The van der Waals surface area contributed by atoms with Gasteiger partial charge in [-0.1, -0.05) is 17.7 Å². The molecule has 0 amide bonds. The summed E-state index contributed by atoms with van der Waals surface area (Å²) in [5, 5.41) is 11.4. The van der Waals surface area contributed by atoms with Crippen LogP contribution in [0.25, 0.3) is 16.6 Å². The van der Waals surface area contributed by atoms with Crippen molar-refractivity contribution in [1.82, 2.24) is 14.5 Å². The highest BCUT2D eigenvalue weighted by atomic mass is 35.5. The van der Waals surface area contributed by atoms with E-state index in [1.54, 1.807) is 24.4 Å². The van der Waals surface area contributed by atoms with Gasteiger partial charge in [0.25, 0.3) is 5.56 Å². The first kappa shape index (κ1) is 19.0. The van der Waals surface area contributed by atoms with Gasteiger partial charge in [-0.3, -0.25) is 24.3 Å². The normalized spacial score (nSPS) is 11.4. The van der Waals surface area contributed by atoms with E-state index in [1.165, 1.54) is 22.9 Å². The lowest BCUT2D eigenvalue weighted by atomic mass is 10.2. The topological polar surface area (TPSA) is 83.3 Å². The fourth-order valence-electron chi connectivity index (χ4n) is 2.80. The van der Waals surface area contributed by atoms with E-state index in [-0.39, 0.29) is 15.4 Å². The Labute approximate surface area is 173 Å². The molecule has 4 rings (SSSR count). The smallest absolute Gasteiger partial charge is 0.264 e. The average molecular weight is 427 g/mol. The molecule has 2 N–H and O–H groups in total. The average Bonchev–Trinajstić information content (AvgIpc) is 2.70. The van der Waals surface area contributed by atoms with Crippen LogP contribution in [-0.2, 0) is 0 Å². The van der Waals surface area contributed by atoms with E-state index in [0.29, 0.717) is 11.4 Å². The molecule has 29 heavy (non-hydrogen) atoms. The molecular formula is C20H12ClFN4O2S. The molecule has 0 radical (unpaired) electrons. The lowest BCUT2D eigenvalue weighted by Gasteiger charge is -2.11. The second-order valence-corrected chi connectivity index (χ2v) is 6.86. The molecule has 0 saturated heterocycles. The number of nitrogens with zero attached hydrogens (tertiary/aromatic N) is 3. The minimum Gasteiger partial charge on any atom is -0.494 e. The lowest BCUT2D eigenvalue weighted by molar-refractivity contribution is 0.432. The largest absolute Gasteiger partial charge is 0.494 e. The standard InChI is InChI=1S/C20H12ClFN4O2S/c21-15-9-13(4-5-16(15)22)26-19(28)14(18(27)25-20(26)29)10-24-12-3-6-17-11(8-12)2-1-7-23-17/h1-10,28H,(H,25,27,29). The number of aliphatic imine (C=N–C) groups is 1. The maximum Gasteiger partial charge on any atom is 0.264 e. The number of aromatic hydroxyl groups is 1. The van der Waals surface area contributed by atoms with E-state index in [9.17, 15) is 14.3 Å². The lowest BCUT2D eigenvalue weighted by Crippen LogP contribution is -2.18. The van der Waals surface area contributed by atoms with Crippen molar-refractivity contribution in [2.45, 2.75) is 0 Å². The first-order valence-corrected chi connectivity index (χ1v) is 9.15. The van der Waals surface area contributed by atoms with Crippen LogP contribution in [-0.4, -0.2) is 25.9 Å². The molecule has 6 nitrogen and oxygen atoms in total. The number of fused-ring (bicyclic) bond motifs is 1. The third-order valence-corrected chi connectivity index (χ3v) is 4.79. The van der Waals surface area contributed by atoms with Crippen LogP contribution in [0, 0.1) is 10.6 Å². The number of aromatic amines is 1. The van der Waals surface area contributed by atoms with Gasteiger partial charge in [0.05, 0.1) is 21.9 Å². The third kappa shape index (κ3) is 3.67. The van der Waals surface area contributed by atoms with Crippen LogP contribution in [0.4, 0.5) is 10.1 Å². The van der Waals surface area contributed by atoms with Crippen LogP contribution in [0.2, 0.25) is 5.02 Å². The Kier molecular flexibility index (Phi) is 4.96. The van der Waals surface area contributed by atoms with Gasteiger partial charge in [-0.15, -0.1) is 0 Å². The van der Waals surface area contributed by atoms with Gasteiger partial charge in [0.1, 0.15) is 11.4 Å². The van der Waals surface area contributed by atoms with Crippen molar-refractivity contribution >= 4 is 46.6 Å². The highest BCUT2D eigenvalue weighted by Gasteiger charge is 2.14. The Hall–Kier alpha value is -3.36. The Morgan fingerprint density at radius 3 is 2.86 bits per heavy atom. The Morgan fingerprint density at radius 1 is 1.24 bits per heavy atom. The number of H-pyrrole nitrogens is 1. The summed E-state index contributed by atoms with van der Waals surface area (Å²) >= 11 is 11.0. The number of pyridine rings is 1. The summed E-state index contributed by atoms with van der Waals surface area (Å²) in [6, 6.07) is 12.9. The minimum atomic E-state index is -0.613. The highest BCUT2D eigenvalue weighted by Crippen LogP contribution is 2.24. The van der Waals surface area contributed by atoms with Crippen molar-refractivity contribution < 1.29 is 9.50 Å². The maximum absolute atomic E-state index is 13.5. The molecule has 0 unspecified atom stereocenters. The van der Waals surface area contributed by atoms with E-state index in [2.05, 4.69) is 15.0 Å². The van der Waals surface area contributed by atoms with E-state index in [1.807, 2.05) is 12.1 Å². The minimum absolute atomic E-state index is 0.0656. The fourth-order valence-corrected chi connectivity index (χ4v) is 3.26. The first-order valence-electron chi connectivity index (χ1n) is 8.36. The van der Waals surface area contributed by atoms with Crippen molar-refractivity contribution in [3.63, 3.8) is 0 Å². The van der Waals surface area contributed by atoms with E-state index < -0.39 is 17.3 Å².